The number of hydrogen-bond acceptors (Lipinski definition) is 7. The molecule has 0 unspecified atom stereocenters. The van der Waals surface area contributed by atoms with Crippen molar-refractivity contribution in [1.29, 1.82) is 0 Å². The third-order valence-electron chi connectivity index (χ3n) is 6.39. The van der Waals surface area contributed by atoms with Crippen LogP contribution in [0.1, 0.15) is 34.6 Å². The molecule has 0 saturated carbocycles. The number of nitrogens with zero attached hydrogens (tertiary/aromatic N) is 4. The molecule has 0 aliphatic carbocycles. The molecule has 0 spiro atoms. The maximum atomic E-state index is 12.6. The summed E-state index contributed by atoms with van der Waals surface area (Å²) in [6, 6.07) is 8.37. The number of carboxylic acid groups (broad SMARTS) is 1. The number of aromatic nitrogens is 3. The molecule has 0 bridgehead atoms. The van der Waals surface area contributed by atoms with Crippen LogP contribution in [-0.2, 0) is 19.1 Å². The maximum Gasteiger partial charge on any atom is 0.416 e. The van der Waals surface area contributed by atoms with Crippen molar-refractivity contribution in [2.45, 2.75) is 32.0 Å². The van der Waals surface area contributed by atoms with Gasteiger partial charge in [-0.3, -0.25) is 14.7 Å². The molecule has 5 rings (SSSR count). The second kappa shape index (κ2) is 14.2. The molecule has 0 radical (unpaired) electrons. The Balaban J connectivity index is 0.000000209. The van der Waals surface area contributed by atoms with Crippen LogP contribution in [0.2, 0.25) is 15.1 Å². The Morgan fingerprint density at radius 2 is 1.78 bits per heavy atom. The van der Waals surface area contributed by atoms with Gasteiger partial charge < -0.3 is 14.6 Å². The van der Waals surface area contributed by atoms with Crippen LogP contribution in [0.25, 0.3) is 5.69 Å². The second-order valence-electron chi connectivity index (χ2n) is 9.43. The van der Waals surface area contributed by atoms with E-state index in [1.807, 2.05) is 0 Å². The highest BCUT2D eigenvalue weighted by molar-refractivity contribution is 6.36. The summed E-state index contributed by atoms with van der Waals surface area (Å²) in [7, 11) is 0. The van der Waals surface area contributed by atoms with Crippen LogP contribution in [0.4, 0.5) is 18.9 Å². The van der Waals surface area contributed by atoms with E-state index in [1.165, 1.54) is 10.7 Å². The molecule has 1 aromatic heterocycles. The Hall–Kier alpha value is -4.71. The first-order valence-corrected chi connectivity index (χ1v) is 14.2. The summed E-state index contributed by atoms with van der Waals surface area (Å²) in [6.45, 7) is 0.759. The maximum absolute atomic E-state index is 12.6. The predicted octanol–water partition coefficient (Wildman–Crippen LogP) is 7.45. The Morgan fingerprint density at radius 3 is 2.39 bits per heavy atom. The number of benzene rings is 3. The van der Waals surface area contributed by atoms with Crippen molar-refractivity contribution in [3.05, 3.63) is 101 Å². The normalized spacial score (nSPS) is 12.3. The van der Waals surface area contributed by atoms with E-state index in [2.05, 4.69) is 11.0 Å². The molecular weight excluding hydrogens is 680 g/mol. The average molecular weight is 700 g/mol. The minimum atomic E-state index is -4.58. The molecular formula is C29H20Cl3F3N4O7. The van der Waals surface area contributed by atoms with Gasteiger partial charge in [-0.1, -0.05) is 40.7 Å². The van der Waals surface area contributed by atoms with Gasteiger partial charge in [0, 0.05) is 31.2 Å². The molecule has 0 amide bonds. The van der Waals surface area contributed by atoms with Gasteiger partial charge in [-0.05, 0) is 43.2 Å². The lowest BCUT2D eigenvalue weighted by molar-refractivity contribution is -0.385. The van der Waals surface area contributed by atoms with Gasteiger partial charge in [-0.15, -0.1) is 11.5 Å². The fourth-order valence-electron chi connectivity index (χ4n) is 4.26. The molecule has 46 heavy (non-hydrogen) atoms. The van der Waals surface area contributed by atoms with Crippen LogP contribution in [0.3, 0.4) is 0 Å². The van der Waals surface area contributed by atoms with E-state index in [4.69, 9.17) is 55.8 Å². The summed E-state index contributed by atoms with van der Waals surface area (Å²) in [4.78, 5) is 33.4. The molecule has 1 N–H and O–H groups in total. The van der Waals surface area contributed by atoms with Gasteiger partial charge in [0.1, 0.15) is 35.2 Å². The zero-order valence-electron chi connectivity index (χ0n) is 23.2. The minimum absolute atomic E-state index is 0.0788. The number of aryl methyl sites for hydroxylation is 1. The summed E-state index contributed by atoms with van der Waals surface area (Å²) in [6.07, 6.45) is 3.39. The number of fused-ring (bicyclic) bond motifs is 1. The first-order chi connectivity index (χ1) is 21.7. The lowest BCUT2D eigenvalue weighted by atomic mass is 10.1. The zero-order chi connectivity index (χ0) is 33.8. The molecule has 0 saturated heterocycles. The van der Waals surface area contributed by atoms with Gasteiger partial charge in [0.2, 0.25) is 0 Å². The average Bonchev–Trinajstić information content (AvgIpc) is 3.33. The quantitative estimate of drug-likeness (QED) is 0.119. The Bertz CT molecular complexity index is 1920. The minimum Gasteiger partial charge on any atom is -0.479 e. The van der Waals surface area contributed by atoms with E-state index in [0.29, 0.717) is 34.1 Å². The number of ether oxygens (including phenoxy) is 2. The molecule has 2 heterocycles. The van der Waals surface area contributed by atoms with Gasteiger partial charge in [0.05, 0.1) is 31.2 Å². The van der Waals surface area contributed by atoms with Crippen molar-refractivity contribution < 1.29 is 37.5 Å². The molecule has 4 aromatic rings. The highest BCUT2D eigenvalue weighted by Gasteiger charge is 2.31. The molecule has 240 valence electrons. The van der Waals surface area contributed by atoms with E-state index >= 15 is 0 Å². The lowest BCUT2D eigenvalue weighted by Gasteiger charge is -2.11. The summed E-state index contributed by atoms with van der Waals surface area (Å²) in [5.41, 5.74) is -2.02. The SMILES string of the molecule is C#CCOc1cc(-n2nc3n(c2=O)CCCC3)c(Cl)cc1Cl.O=C(O)c1cc(Oc2ccc(C(F)(F)F)cc2Cl)ccc1[N+](=O)[O-]. The van der Waals surface area contributed by atoms with Crippen molar-refractivity contribution >= 4 is 46.5 Å². The standard InChI is InChI=1S/C15H13Cl2N3O2.C14H7ClF3NO5/c1-2-7-22-13-9-12(10(16)8-11(13)17)20-15(21)19-6-4-3-5-14(19)18-20;15-10-5-7(14(16,17)18)1-4-12(10)24-8-2-3-11(19(22)23)9(6-8)13(20)21/h1,8-9H,3-7H2;1-6H,(H,20,21). The number of carboxylic acids is 1. The lowest BCUT2D eigenvalue weighted by Crippen LogP contribution is -2.26. The number of carbonyl (C=O) groups is 1. The predicted molar refractivity (Wildman–Crippen MR) is 162 cm³/mol. The van der Waals surface area contributed by atoms with Crippen molar-refractivity contribution in [2.24, 2.45) is 0 Å². The van der Waals surface area contributed by atoms with Crippen molar-refractivity contribution in [2.75, 3.05) is 6.61 Å². The van der Waals surface area contributed by atoms with E-state index in [0.717, 1.165) is 55.4 Å². The van der Waals surface area contributed by atoms with Gasteiger partial charge in [0.25, 0.3) is 5.69 Å². The van der Waals surface area contributed by atoms with Crippen LogP contribution in [-0.4, -0.2) is 37.0 Å². The van der Waals surface area contributed by atoms with Gasteiger partial charge in [-0.25, -0.2) is 9.59 Å². The number of nitro benzene ring substituents is 1. The summed E-state index contributed by atoms with van der Waals surface area (Å²) in [5, 5.41) is 24.4. The van der Waals surface area contributed by atoms with Crippen molar-refractivity contribution in [3.8, 4) is 35.3 Å². The molecule has 1 aliphatic heterocycles. The number of halogens is 6. The number of rotatable bonds is 7. The zero-order valence-corrected chi connectivity index (χ0v) is 25.5. The second-order valence-corrected chi connectivity index (χ2v) is 10.7. The van der Waals surface area contributed by atoms with Crippen molar-refractivity contribution in [1.82, 2.24) is 14.3 Å². The van der Waals surface area contributed by atoms with Crippen LogP contribution in [0.5, 0.6) is 17.2 Å². The fourth-order valence-corrected chi connectivity index (χ4v) is 5.00. The van der Waals surface area contributed by atoms with Gasteiger partial charge in [-0.2, -0.15) is 17.9 Å². The van der Waals surface area contributed by atoms with E-state index in [-0.39, 0.29) is 28.8 Å². The van der Waals surface area contributed by atoms with Crippen LogP contribution in [0, 0.1) is 22.5 Å². The summed E-state index contributed by atoms with van der Waals surface area (Å²) >= 11 is 18.0. The molecule has 1 aliphatic rings. The number of terminal acetylenes is 1. The monoisotopic (exact) mass is 698 g/mol. The molecule has 3 aromatic carbocycles. The third-order valence-corrected chi connectivity index (χ3v) is 7.29. The molecule has 17 heteroatoms. The van der Waals surface area contributed by atoms with Gasteiger partial charge >= 0.3 is 17.8 Å². The van der Waals surface area contributed by atoms with Crippen LogP contribution >= 0.6 is 34.8 Å². The highest BCUT2D eigenvalue weighted by atomic mass is 35.5. The molecule has 0 atom stereocenters. The van der Waals surface area contributed by atoms with E-state index < -0.39 is 33.9 Å². The number of alkyl halides is 3. The largest absolute Gasteiger partial charge is 0.479 e. The Labute approximate surface area is 272 Å². The van der Waals surface area contributed by atoms with Gasteiger partial charge in [0.15, 0.2) is 0 Å². The Kier molecular flexibility index (Phi) is 10.5. The van der Waals surface area contributed by atoms with E-state index in [1.54, 1.807) is 10.6 Å². The third kappa shape index (κ3) is 7.74. The molecule has 11 nitrogen and oxygen atoms in total. The smallest absolute Gasteiger partial charge is 0.416 e. The number of hydrogen-bond donors (Lipinski definition) is 1. The van der Waals surface area contributed by atoms with Crippen LogP contribution < -0.4 is 15.2 Å². The topological polar surface area (TPSA) is 139 Å². The summed E-state index contributed by atoms with van der Waals surface area (Å²) in [5.74, 6) is 1.68. The Morgan fingerprint density at radius 1 is 1.07 bits per heavy atom. The highest BCUT2D eigenvalue weighted by Crippen LogP contribution is 2.37. The summed E-state index contributed by atoms with van der Waals surface area (Å²) < 4.78 is 51.2. The number of nitro groups is 1. The first-order valence-electron chi connectivity index (χ1n) is 13.0. The number of aromatic carboxylic acids is 1. The van der Waals surface area contributed by atoms with Crippen molar-refractivity contribution in [3.63, 3.8) is 0 Å². The molecule has 0 fully saturated rings. The van der Waals surface area contributed by atoms with E-state index in [9.17, 15) is 32.9 Å². The van der Waals surface area contributed by atoms with Crippen LogP contribution in [0.15, 0.2) is 53.3 Å². The fraction of sp³-hybridized carbons (Fsp3) is 0.207. The first kappa shape index (κ1) is 34.2.